The van der Waals surface area contributed by atoms with Gasteiger partial charge in [-0.25, -0.2) is 10.8 Å². The summed E-state index contributed by atoms with van der Waals surface area (Å²) in [5.41, 5.74) is 2.24. The van der Waals surface area contributed by atoms with Crippen LogP contribution < -0.4 is 11.3 Å². The maximum absolute atomic E-state index is 10.8. The topological polar surface area (TPSA) is 112 Å². The molecule has 8 nitrogen and oxygen atoms in total. The summed E-state index contributed by atoms with van der Waals surface area (Å²) in [6.45, 7) is 0. The van der Waals surface area contributed by atoms with Crippen molar-refractivity contribution < 1.29 is 4.92 Å². The van der Waals surface area contributed by atoms with Gasteiger partial charge in [0, 0.05) is 19.3 Å². The molecule has 0 unspecified atom stereocenters. The van der Waals surface area contributed by atoms with E-state index in [2.05, 4.69) is 15.5 Å². The summed E-state index contributed by atoms with van der Waals surface area (Å²) in [5.74, 6) is 5.47. The second-order valence-corrected chi connectivity index (χ2v) is 4.50. The number of pyridine rings is 1. The highest BCUT2D eigenvalue weighted by Crippen LogP contribution is 2.29. The molecule has 0 saturated heterocycles. The second-order valence-electron chi connectivity index (χ2n) is 3.40. The Morgan fingerprint density at radius 2 is 2.33 bits per heavy atom. The molecule has 2 rings (SSSR count). The molecule has 0 aliphatic rings. The van der Waals surface area contributed by atoms with Gasteiger partial charge in [-0.1, -0.05) is 11.8 Å². The Morgan fingerprint density at radius 3 is 2.89 bits per heavy atom. The molecule has 0 aliphatic carbocycles. The zero-order chi connectivity index (χ0) is 13.1. The van der Waals surface area contributed by atoms with E-state index in [0.29, 0.717) is 5.03 Å². The number of rotatable bonds is 4. The van der Waals surface area contributed by atoms with Crippen molar-refractivity contribution in [2.24, 2.45) is 12.9 Å². The summed E-state index contributed by atoms with van der Waals surface area (Å²) in [6.07, 6.45) is 3.45. The molecule has 0 aliphatic heterocycles. The molecule has 0 spiro atoms. The fourth-order valence-electron chi connectivity index (χ4n) is 1.30. The zero-order valence-corrected chi connectivity index (χ0v) is 10.2. The predicted octanol–water partition coefficient (Wildman–Crippen LogP) is 1.16. The third-order valence-corrected chi connectivity index (χ3v) is 2.91. The fraction of sp³-hybridized carbons (Fsp3) is 0.111. The number of anilines is 1. The number of aromatic nitrogens is 3. The molecule has 0 aromatic carbocycles. The molecular weight excluding hydrogens is 256 g/mol. The lowest BCUT2D eigenvalue weighted by atomic mass is 10.4. The Morgan fingerprint density at radius 1 is 1.56 bits per heavy atom. The minimum atomic E-state index is -0.490. The number of nitro groups is 1. The molecule has 0 amide bonds. The van der Waals surface area contributed by atoms with Crippen LogP contribution in [0.2, 0.25) is 0 Å². The van der Waals surface area contributed by atoms with Gasteiger partial charge in [-0.3, -0.25) is 14.8 Å². The van der Waals surface area contributed by atoms with E-state index in [0.717, 1.165) is 4.90 Å². The van der Waals surface area contributed by atoms with Crippen LogP contribution in [0.4, 0.5) is 11.5 Å². The van der Waals surface area contributed by atoms with Crippen LogP contribution in [0, 0.1) is 10.1 Å². The van der Waals surface area contributed by atoms with E-state index in [1.807, 2.05) is 0 Å². The highest BCUT2D eigenvalue weighted by Gasteiger charge is 2.12. The summed E-state index contributed by atoms with van der Waals surface area (Å²) in [5, 5.41) is 15.2. The first-order valence-corrected chi connectivity index (χ1v) is 5.70. The van der Waals surface area contributed by atoms with Crippen LogP contribution in [0.15, 0.2) is 34.4 Å². The van der Waals surface area contributed by atoms with Crippen LogP contribution in [-0.2, 0) is 7.05 Å². The van der Waals surface area contributed by atoms with Crippen molar-refractivity contribution in [2.45, 2.75) is 9.92 Å². The van der Waals surface area contributed by atoms with Crippen molar-refractivity contribution in [3.8, 4) is 0 Å². The van der Waals surface area contributed by atoms with Gasteiger partial charge in [0.25, 0.3) is 5.69 Å². The van der Waals surface area contributed by atoms with Crippen molar-refractivity contribution in [2.75, 3.05) is 5.43 Å². The van der Waals surface area contributed by atoms with E-state index in [4.69, 9.17) is 5.84 Å². The van der Waals surface area contributed by atoms with Crippen molar-refractivity contribution in [3.05, 3.63) is 34.6 Å². The maximum Gasteiger partial charge on any atom is 0.275 e. The van der Waals surface area contributed by atoms with Crippen molar-refractivity contribution in [1.29, 1.82) is 0 Å². The van der Waals surface area contributed by atoms with E-state index >= 15 is 0 Å². The molecule has 0 fully saturated rings. The Balaban J connectivity index is 2.32. The Bertz CT molecular complexity index is 584. The average molecular weight is 266 g/mol. The fourth-order valence-corrected chi connectivity index (χ4v) is 2.17. The Hall–Kier alpha value is -2.13. The molecule has 9 heteroatoms. The third kappa shape index (κ3) is 2.76. The Labute approximate surface area is 106 Å². The number of hydrogen-bond donors (Lipinski definition) is 2. The molecule has 2 aromatic rings. The van der Waals surface area contributed by atoms with Crippen LogP contribution in [-0.4, -0.2) is 19.7 Å². The molecule has 3 N–H and O–H groups in total. The lowest BCUT2D eigenvalue weighted by Crippen LogP contribution is -2.09. The first kappa shape index (κ1) is 12.3. The SMILES string of the molecule is Cn1cc(Sc2cc([N+](=O)[O-])cc(NN)n2)cn1. The summed E-state index contributed by atoms with van der Waals surface area (Å²) >= 11 is 1.28. The molecule has 0 atom stereocenters. The van der Waals surface area contributed by atoms with Gasteiger partial charge in [0.05, 0.1) is 22.1 Å². The van der Waals surface area contributed by atoms with E-state index in [1.165, 1.54) is 23.9 Å². The number of aryl methyl sites for hydroxylation is 1. The largest absolute Gasteiger partial charge is 0.308 e. The van der Waals surface area contributed by atoms with Crippen LogP contribution in [0.5, 0.6) is 0 Å². The van der Waals surface area contributed by atoms with E-state index < -0.39 is 4.92 Å². The molecular formula is C9H10N6O2S. The van der Waals surface area contributed by atoms with Crippen molar-refractivity contribution >= 4 is 23.3 Å². The number of nitrogens with two attached hydrogens (primary N) is 1. The van der Waals surface area contributed by atoms with E-state index in [9.17, 15) is 10.1 Å². The predicted molar refractivity (Wildman–Crippen MR) is 66.0 cm³/mol. The van der Waals surface area contributed by atoms with E-state index in [-0.39, 0.29) is 11.5 Å². The van der Waals surface area contributed by atoms with Gasteiger partial charge in [-0.05, 0) is 0 Å². The second kappa shape index (κ2) is 5.02. The average Bonchev–Trinajstić information content (AvgIpc) is 2.74. The first-order valence-electron chi connectivity index (χ1n) is 4.88. The minimum absolute atomic E-state index is 0.0654. The van der Waals surface area contributed by atoms with Gasteiger partial charge in [0.2, 0.25) is 0 Å². The monoisotopic (exact) mass is 266 g/mol. The van der Waals surface area contributed by atoms with Crippen molar-refractivity contribution in [3.63, 3.8) is 0 Å². The van der Waals surface area contributed by atoms with Gasteiger partial charge in [0.15, 0.2) is 0 Å². The molecule has 18 heavy (non-hydrogen) atoms. The molecule has 2 aromatic heterocycles. The van der Waals surface area contributed by atoms with Gasteiger partial charge in [-0.2, -0.15) is 5.10 Å². The first-order chi connectivity index (χ1) is 8.58. The van der Waals surface area contributed by atoms with Gasteiger partial charge in [-0.15, -0.1) is 0 Å². The van der Waals surface area contributed by atoms with Crippen molar-refractivity contribution in [1.82, 2.24) is 14.8 Å². The maximum atomic E-state index is 10.8. The third-order valence-electron chi connectivity index (χ3n) is 2.05. The number of nitrogen functional groups attached to an aromatic ring is 1. The Kier molecular flexibility index (Phi) is 3.44. The summed E-state index contributed by atoms with van der Waals surface area (Å²) < 4.78 is 1.64. The highest BCUT2D eigenvalue weighted by molar-refractivity contribution is 7.99. The van der Waals surface area contributed by atoms with E-state index in [1.54, 1.807) is 24.1 Å². The lowest BCUT2D eigenvalue weighted by molar-refractivity contribution is -0.385. The molecule has 0 saturated carbocycles. The van der Waals surface area contributed by atoms with Gasteiger partial charge >= 0.3 is 0 Å². The normalized spacial score (nSPS) is 10.3. The molecule has 94 valence electrons. The van der Waals surface area contributed by atoms with Gasteiger partial charge < -0.3 is 5.43 Å². The molecule has 0 radical (unpaired) electrons. The minimum Gasteiger partial charge on any atom is -0.308 e. The number of hydrogen-bond acceptors (Lipinski definition) is 7. The molecule has 0 bridgehead atoms. The van der Waals surface area contributed by atoms with Crippen LogP contribution >= 0.6 is 11.8 Å². The highest BCUT2D eigenvalue weighted by atomic mass is 32.2. The summed E-state index contributed by atoms with van der Waals surface area (Å²) in [4.78, 5) is 15.2. The zero-order valence-electron chi connectivity index (χ0n) is 9.40. The lowest BCUT2D eigenvalue weighted by Gasteiger charge is -2.02. The standard InChI is InChI=1S/C9H10N6O2S/c1-14-5-7(4-11-14)18-9-3-6(15(16)17)2-8(12-9)13-10/h2-5H,10H2,1H3,(H,12,13). The van der Waals surface area contributed by atoms with Gasteiger partial charge in [0.1, 0.15) is 10.8 Å². The number of hydrazine groups is 1. The summed E-state index contributed by atoms with van der Waals surface area (Å²) in [6, 6.07) is 2.66. The van der Waals surface area contributed by atoms with Crippen LogP contribution in [0.3, 0.4) is 0 Å². The van der Waals surface area contributed by atoms with Crippen LogP contribution in [0.1, 0.15) is 0 Å². The quantitative estimate of drug-likeness (QED) is 0.485. The molecule has 2 heterocycles. The summed E-state index contributed by atoms with van der Waals surface area (Å²) in [7, 11) is 1.79. The number of nitrogens with one attached hydrogen (secondary N) is 1. The van der Waals surface area contributed by atoms with Crippen LogP contribution in [0.25, 0.3) is 0 Å². The number of nitrogens with zero attached hydrogens (tertiary/aromatic N) is 4. The smallest absolute Gasteiger partial charge is 0.275 e.